The van der Waals surface area contributed by atoms with Crippen molar-refractivity contribution >= 4 is 38.9 Å². The molecule has 1 fully saturated rings. The molecule has 160 valence electrons. The lowest BCUT2D eigenvalue weighted by molar-refractivity contribution is 0.0147. The Morgan fingerprint density at radius 1 is 1.13 bits per heavy atom. The van der Waals surface area contributed by atoms with Gasteiger partial charge in [-0.1, -0.05) is 52.0 Å². The minimum atomic E-state index is -0.947. The molecule has 1 aliphatic rings. The summed E-state index contributed by atoms with van der Waals surface area (Å²) in [6, 6.07) is 14.7. The van der Waals surface area contributed by atoms with E-state index in [4.69, 9.17) is 5.11 Å². The number of aliphatic hydroxyl groups is 1. The first-order valence-electron chi connectivity index (χ1n) is 9.86. The number of carbonyl (C=O) groups is 2. The summed E-state index contributed by atoms with van der Waals surface area (Å²) in [5.74, 6) is -0.207. The van der Waals surface area contributed by atoms with Crippen LogP contribution in [0.3, 0.4) is 0 Å². The third kappa shape index (κ3) is 6.57. The highest BCUT2D eigenvalue weighted by Crippen LogP contribution is 2.21. The van der Waals surface area contributed by atoms with Gasteiger partial charge in [-0.2, -0.15) is 0 Å². The van der Waals surface area contributed by atoms with Gasteiger partial charge in [-0.25, -0.2) is 9.80 Å². The number of hydrogen-bond donors (Lipinski definition) is 2. The van der Waals surface area contributed by atoms with Crippen LogP contribution in [0.5, 0.6) is 0 Å². The molecule has 1 saturated heterocycles. The van der Waals surface area contributed by atoms with Gasteiger partial charge in [-0.15, -0.1) is 0 Å². The zero-order valence-electron chi connectivity index (χ0n) is 16.5. The predicted octanol–water partition coefficient (Wildman–Crippen LogP) is 4.07. The molecular weight excluding hydrogens is 468 g/mol. The average molecular weight is 493 g/mol. The number of carbonyl (C=O) groups excluding carboxylic acids is 1. The Bertz CT molecular complexity index is 878. The van der Waals surface area contributed by atoms with Crippen LogP contribution < -0.4 is 0 Å². The van der Waals surface area contributed by atoms with Crippen molar-refractivity contribution in [2.24, 2.45) is 0 Å². The average Bonchev–Trinajstić information content (AvgIpc) is 2.72. The fraction of sp³-hybridized carbons (Fsp3) is 0.364. The highest BCUT2D eigenvalue weighted by Gasteiger charge is 2.26. The number of carboxylic acids is 1. The van der Waals surface area contributed by atoms with Crippen LogP contribution in [0.2, 0.25) is 0 Å². The summed E-state index contributed by atoms with van der Waals surface area (Å²) < 4.78 is 0.994. The van der Waals surface area contributed by atoms with Crippen LogP contribution in [0, 0.1) is 0 Å². The van der Waals surface area contributed by atoms with Crippen molar-refractivity contribution in [2.45, 2.75) is 25.4 Å². The van der Waals surface area contributed by atoms with Gasteiger partial charge in [0, 0.05) is 29.9 Å². The summed E-state index contributed by atoms with van der Waals surface area (Å²) in [6.45, 7) is 1.90. The lowest BCUT2D eigenvalue weighted by Crippen LogP contribution is -2.51. The van der Waals surface area contributed by atoms with E-state index >= 15 is 0 Å². The molecule has 6 nitrogen and oxygen atoms in total. The Labute approximate surface area is 189 Å². The number of rotatable bonds is 9. The second kappa shape index (κ2) is 10.9. The van der Waals surface area contributed by atoms with Crippen LogP contribution in [0.15, 0.2) is 53.0 Å². The molecule has 0 bridgehead atoms. The third-order valence-corrected chi connectivity index (χ3v) is 6.36. The molecule has 2 aromatic rings. The van der Waals surface area contributed by atoms with Crippen molar-refractivity contribution in [3.05, 3.63) is 69.7 Å². The first kappa shape index (κ1) is 22.8. The summed E-state index contributed by atoms with van der Waals surface area (Å²) >= 11 is 4.76. The van der Waals surface area contributed by atoms with E-state index in [1.165, 1.54) is 11.8 Å². The van der Waals surface area contributed by atoms with Crippen molar-refractivity contribution in [3.8, 4) is 0 Å². The molecule has 3 rings (SSSR count). The lowest BCUT2D eigenvalue weighted by Gasteiger charge is -2.38. The summed E-state index contributed by atoms with van der Waals surface area (Å²) in [6.07, 6.45) is 1.32. The van der Waals surface area contributed by atoms with Crippen LogP contribution in [-0.4, -0.2) is 62.9 Å². The molecule has 8 heteroatoms. The molecule has 1 unspecified atom stereocenters. The number of amides is 1. The molecule has 0 spiro atoms. The van der Waals surface area contributed by atoms with Gasteiger partial charge >= 0.3 is 5.97 Å². The van der Waals surface area contributed by atoms with Crippen molar-refractivity contribution < 1.29 is 19.8 Å². The number of nitrogens with zero attached hydrogens (tertiary/aromatic N) is 2. The van der Waals surface area contributed by atoms with Crippen LogP contribution in [-0.2, 0) is 12.8 Å². The zero-order valence-corrected chi connectivity index (χ0v) is 18.9. The van der Waals surface area contributed by atoms with E-state index in [1.807, 2.05) is 29.3 Å². The molecule has 0 saturated carbocycles. The van der Waals surface area contributed by atoms with Gasteiger partial charge in [0.15, 0.2) is 0 Å². The van der Waals surface area contributed by atoms with Gasteiger partial charge in [-0.05, 0) is 54.7 Å². The minimum absolute atomic E-state index is 0.0184. The van der Waals surface area contributed by atoms with E-state index in [2.05, 4.69) is 15.9 Å². The Morgan fingerprint density at radius 3 is 2.60 bits per heavy atom. The monoisotopic (exact) mass is 492 g/mol. The zero-order chi connectivity index (χ0) is 21.5. The highest BCUT2D eigenvalue weighted by molar-refractivity contribution is 9.10. The molecule has 0 aliphatic carbocycles. The number of thioether (sulfide) groups is 1. The van der Waals surface area contributed by atoms with Crippen LogP contribution in [0.1, 0.15) is 27.9 Å². The summed E-state index contributed by atoms with van der Waals surface area (Å²) in [4.78, 5) is 23.4. The maximum absolute atomic E-state index is 12.4. The smallest absolute Gasteiger partial charge is 0.335 e. The molecule has 30 heavy (non-hydrogen) atoms. The van der Waals surface area contributed by atoms with Gasteiger partial charge in [0.25, 0.3) is 5.24 Å². The predicted molar refractivity (Wildman–Crippen MR) is 122 cm³/mol. The lowest BCUT2D eigenvalue weighted by atomic mass is 10.1. The SMILES string of the molecule is O=C(O)c1ccc(CCN2C(=O)SCCN2CCC(O)Cc2cccc(Br)c2)cc1. The fourth-order valence-electron chi connectivity index (χ4n) is 3.40. The van der Waals surface area contributed by atoms with Crippen molar-refractivity contribution in [3.63, 3.8) is 0 Å². The van der Waals surface area contributed by atoms with Gasteiger partial charge in [-0.3, -0.25) is 9.80 Å². The van der Waals surface area contributed by atoms with Gasteiger partial charge in [0.2, 0.25) is 0 Å². The highest BCUT2D eigenvalue weighted by atomic mass is 79.9. The van der Waals surface area contributed by atoms with E-state index < -0.39 is 12.1 Å². The largest absolute Gasteiger partial charge is 0.478 e. The molecule has 1 atom stereocenters. The summed E-state index contributed by atoms with van der Waals surface area (Å²) in [5.41, 5.74) is 2.31. The number of aliphatic hydroxyl groups excluding tert-OH is 1. The van der Waals surface area contributed by atoms with Crippen LogP contribution in [0.4, 0.5) is 4.79 Å². The van der Waals surface area contributed by atoms with Gasteiger partial charge in [0.1, 0.15) is 0 Å². The normalized spacial score (nSPS) is 15.9. The van der Waals surface area contributed by atoms with E-state index in [0.717, 1.165) is 27.9 Å². The van der Waals surface area contributed by atoms with E-state index in [0.29, 0.717) is 32.4 Å². The Morgan fingerprint density at radius 2 is 1.90 bits per heavy atom. The summed E-state index contributed by atoms with van der Waals surface area (Å²) in [7, 11) is 0. The minimum Gasteiger partial charge on any atom is -0.478 e. The first-order valence-corrected chi connectivity index (χ1v) is 11.6. The second-order valence-electron chi connectivity index (χ2n) is 7.22. The molecule has 2 aromatic carbocycles. The Hall–Kier alpha value is -1.87. The van der Waals surface area contributed by atoms with Gasteiger partial charge < -0.3 is 10.2 Å². The van der Waals surface area contributed by atoms with E-state index in [9.17, 15) is 14.7 Å². The topological polar surface area (TPSA) is 81.1 Å². The quantitative estimate of drug-likeness (QED) is 0.548. The molecule has 2 N–H and O–H groups in total. The van der Waals surface area contributed by atoms with Crippen LogP contribution >= 0.6 is 27.7 Å². The fourth-order valence-corrected chi connectivity index (χ4v) is 4.68. The van der Waals surface area contributed by atoms with Crippen molar-refractivity contribution in [1.82, 2.24) is 10.0 Å². The molecule has 0 radical (unpaired) electrons. The first-order chi connectivity index (χ1) is 14.4. The standard InChI is InChI=1S/C22H25BrN2O4S/c23-19-3-1-2-17(14-19)15-20(26)9-10-24-12-13-30-22(29)25(24)11-8-16-4-6-18(7-5-16)21(27)28/h1-7,14,20,26H,8-13,15H2,(H,27,28). The molecule has 1 aliphatic heterocycles. The Kier molecular flexibility index (Phi) is 8.32. The molecular formula is C22H25BrN2O4S. The number of benzene rings is 2. The van der Waals surface area contributed by atoms with Gasteiger partial charge in [0.05, 0.1) is 11.7 Å². The number of hydrogen-bond acceptors (Lipinski definition) is 5. The summed E-state index contributed by atoms with van der Waals surface area (Å²) in [5, 5.41) is 23.3. The maximum atomic E-state index is 12.4. The number of aromatic carboxylic acids is 1. The van der Waals surface area contributed by atoms with Crippen LogP contribution in [0.25, 0.3) is 0 Å². The van der Waals surface area contributed by atoms with E-state index in [1.54, 1.807) is 29.3 Å². The Balaban J connectivity index is 1.53. The number of carboxylic acid groups (broad SMARTS) is 1. The molecule has 1 heterocycles. The molecule has 1 amide bonds. The maximum Gasteiger partial charge on any atom is 0.335 e. The number of hydrazine groups is 1. The number of halogens is 1. The van der Waals surface area contributed by atoms with Crippen molar-refractivity contribution in [2.75, 3.05) is 25.4 Å². The van der Waals surface area contributed by atoms with E-state index in [-0.39, 0.29) is 10.8 Å². The third-order valence-electron chi connectivity index (χ3n) is 5.02. The molecule has 0 aromatic heterocycles. The second-order valence-corrected chi connectivity index (χ2v) is 9.18. The van der Waals surface area contributed by atoms with Crippen molar-refractivity contribution in [1.29, 1.82) is 0 Å².